The lowest BCUT2D eigenvalue weighted by Crippen LogP contribution is -2.26. The summed E-state index contributed by atoms with van der Waals surface area (Å²) in [4.78, 5) is 13.3. The molecule has 3 rings (SSSR count). The molecule has 0 amide bonds. The number of carboxylic acids is 1. The van der Waals surface area contributed by atoms with Crippen molar-refractivity contribution in [2.24, 2.45) is 0 Å². The Morgan fingerprint density at radius 3 is 2.80 bits per heavy atom. The van der Waals surface area contributed by atoms with Crippen molar-refractivity contribution in [1.82, 2.24) is 0 Å². The van der Waals surface area contributed by atoms with Crippen LogP contribution >= 0.6 is 0 Å². The van der Waals surface area contributed by atoms with E-state index in [1.54, 1.807) is 12.3 Å². The molecule has 0 saturated heterocycles. The highest BCUT2D eigenvalue weighted by Crippen LogP contribution is 2.35. The molecular weight excluding hydrogens is 261 g/mol. The predicted molar refractivity (Wildman–Crippen MR) is 71.3 cm³/mol. The van der Waals surface area contributed by atoms with E-state index in [2.05, 4.69) is 0 Å². The van der Waals surface area contributed by atoms with Crippen molar-refractivity contribution in [3.63, 3.8) is 0 Å². The number of nitrogens with zero attached hydrogens (tertiary/aromatic N) is 1. The van der Waals surface area contributed by atoms with Crippen LogP contribution in [0.5, 0.6) is 0 Å². The first-order chi connectivity index (χ1) is 9.65. The first-order valence-electron chi connectivity index (χ1n) is 6.47. The van der Waals surface area contributed by atoms with Gasteiger partial charge in [-0.15, -0.1) is 0 Å². The summed E-state index contributed by atoms with van der Waals surface area (Å²) in [6.45, 7) is 0.490. The van der Waals surface area contributed by atoms with Gasteiger partial charge in [0, 0.05) is 6.04 Å². The number of hydrogen-bond donors (Lipinski definition) is 1. The zero-order valence-electron chi connectivity index (χ0n) is 10.8. The van der Waals surface area contributed by atoms with Crippen molar-refractivity contribution < 1.29 is 18.7 Å². The van der Waals surface area contributed by atoms with Gasteiger partial charge in [0.2, 0.25) is 0 Å². The number of aromatic carboxylic acids is 1. The minimum absolute atomic E-state index is 0.0107. The molecule has 0 unspecified atom stereocenters. The molecule has 1 saturated carbocycles. The van der Waals surface area contributed by atoms with Crippen LogP contribution in [0.4, 0.5) is 10.1 Å². The molecule has 0 aliphatic heterocycles. The zero-order valence-corrected chi connectivity index (χ0v) is 10.8. The largest absolute Gasteiger partial charge is 0.478 e. The van der Waals surface area contributed by atoms with Crippen molar-refractivity contribution in [3.05, 3.63) is 53.7 Å². The minimum Gasteiger partial charge on any atom is -0.478 e. The van der Waals surface area contributed by atoms with E-state index in [-0.39, 0.29) is 5.56 Å². The van der Waals surface area contributed by atoms with Crippen LogP contribution in [0, 0.1) is 5.82 Å². The number of hydrogen-bond acceptors (Lipinski definition) is 3. The number of rotatable bonds is 5. The van der Waals surface area contributed by atoms with E-state index in [1.807, 2.05) is 11.0 Å². The zero-order chi connectivity index (χ0) is 14.1. The minimum atomic E-state index is -1.12. The molecule has 5 heteroatoms. The topological polar surface area (TPSA) is 53.7 Å². The van der Waals surface area contributed by atoms with Crippen molar-refractivity contribution in [1.29, 1.82) is 0 Å². The molecule has 0 atom stereocenters. The summed E-state index contributed by atoms with van der Waals surface area (Å²) in [7, 11) is 0. The molecule has 4 nitrogen and oxygen atoms in total. The highest BCUT2D eigenvalue weighted by atomic mass is 19.1. The summed E-state index contributed by atoms with van der Waals surface area (Å²) in [6.07, 6.45) is 3.61. The summed E-state index contributed by atoms with van der Waals surface area (Å²) < 4.78 is 18.6. The fourth-order valence-corrected chi connectivity index (χ4v) is 2.30. The van der Waals surface area contributed by atoms with Gasteiger partial charge in [-0.25, -0.2) is 9.18 Å². The Balaban J connectivity index is 1.97. The Kier molecular flexibility index (Phi) is 3.18. The Morgan fingerprint density at radius 2 is 2.20 bits per heavy atom. The maximum Gasteiger partial charge on any atom is 0.337 e. The van der Waals surface area contributed by atoms with Crippen molar-refractivity contribution in [2.75, 3.05) is 4.90 Å². The number of carboxylic acid groups (broad SMARTS) is 1. The lowest BCUT2D eigenvalue weighted by Gasteiger charge is -2.25. The molecule has 104 valence electrons. The SMILES string of the molecule is O=C(O)c1cc(F)ccc1N(Cc1ccco1)C1CC1. The molecule has 0 bridgehead atoms. The number of furan rings is 1. The van der Waals surface area contributed by atoms with Crippen LogP contribution in [-0.4, -0.2) is 17.1 Å². The maximum absolute atomic E-state index is 13.3. The normalized spacial score (nSPS) is 14.2. The van der Waals surface area contributed by atoms with Crippen LogP contribution in [0.1, 0.15) is 29.0 Å². The predicted octanol–water partition coefficient (Wildman–Crippen LogP) is 3.29. The highest BCUT2D eigenvalue weighted by Gasteiger charge is 2.32. The van der Waals surface area contributed by atoms with Gasteiger partial charge in [-0.05, 0) is 43.2 Å². The molecule has 0 spiro atoms. The lowest BCUT2D eigenvalue weighted by atomic mass is 10.1. The third kappa shape index (κ3) is 2.52. The molecule has 0 radical (unpaired) electrons. The van der Waals surface area contributed by atoms with Crippen molar-refractivity contribution in [3.8, 4) is 0 Å². The van der Waals surface area contributed by atoms with Gasteiger partial charge in [0.15, 0.2) is 0 Å². The molecule has 1 aliphatic carbocycles. The number of benzene rings is 1. The quantitative estimate of drug-likeness (QED) is 0.909. The summed E-state index contributed by atoms with van der Waals surface area (Å²) in [5.74, 6) is -0.901. The monoisotopic (exact) mass is 275 g/mol. The van der Waals surface area contributed by atoms with E-state index in [0.717, 1.165) is 24.7 Å². The van der Waals surface area contributed by atoms with E-state index in [9.17, 15) is 14.3 Å². The van der Waals surface area contributed by atoms with Crippen molar-refractivity contribution in [2.45, 2.75) is 25.4 Å². The second-order valence-corrected chi connectivity index (χ2v) is 4.91. The smallest absolute Gasteiger partial charge is 0.337 e. The lowest BCUT2D eigenvalue weighted by molar-refractivity contribution is 0.0697. The van der Waals surface area contributed by atoms with Crippen LogP contribution < -0.4 is 4.90 Å². The Morgan fingerprint density at radius 1 is 1.40 bits per heavy atom. The van der Waals surface area contributed by atoms with E-state index < -0.39 is 11.8 Å². The molecule has 1 aromatic heterocycles. The average Bonchev–Trinajstić information content (AvgIpc) is 3.13. The van der Waals surface area contributed by atoms with Gasteiger partial charge in [0.25, 0.3) is 0 Å². The van der Waals surface area contributed by atoms with Gasteiger partial charge in [-0.1, -0.05) is 0 Å². The second-order valence-electron chi connectivity index (χ2n) is 4.91. The first-order valence-corrected chi connectivity index (χ1v) is 6.47. The van der Waals surface area contributed by atoms with Gasteiger partial charge in [-0.3, -0.25) is 0 Å². The van der Waals surface area contributed by atoms with Gasteiger partial charge in [-0.2, -0.15) is 0 Å². The van der Waals surface area contributed by atoms with Crippen LogP contribution in [0.15, 0.2) is 41.0 Å². The number of halogens is 1. The van der Waals surface area contributed by atoms with Crippen LogP contribution in [-0.2, 0) is 6.54 Å². The molecule has 20 heavy (non-hydrogen) atoms. The average molecular weight is 275 g/mol. The molecule has 1 aliphatic rings. The molecule has 1 aromatic carbocycles. The molecule has 1 N–H and O–H groups in total. The summed E-state index contributed by atoms with van der Waals surface area (Å²) in [6, 6.07) is 7.82. The maximum atomic E-state index is 13.3. The fourth-order valence-electron chi connectivity index (χ4n) is 2.30. The Bertz CT molecular complexity index is 620. The van der Waals surface area contributed by atoms with Crippen LogP contribution in [0.25, 0.3) is 0 Å². The van der Waals surface area contributed by atoms with Gasteiger partial charge in [0.05, 0.1) is 24.1 Å². The van der Waals surface area contributed by atoms with E-state index in [0.29, 0.717) is 18.3 Å². The summed E-state index contributed by atoms with van der Waals surface area (Å²) in [5.41, 5.74) is 0.529. The summed E-state index contributed by atoms with van der Waals surface area (Å²) in [5, 5.41) is 9.25. The van der Waals surface area contributed by atoms with Crippen LogP contribution in [0.2, 0.25) is 0 Å². The molecule has 1 fully saturated rings. The second kappa shape index (κ2) is 5.00. The van der Waals surface area contributed by atoms with Crippen molar-refractivity contribution >= 4 is 11.7 Å². The molecule has 2 aromatic rings. The van der Waals surface area contributed by atoms with E-state index in [1.165, 1.54) is 12.1 Å². The number of carbonyl (C=O) groups is 1. The third-order valence-corrected chi connectivity index (χ3v) is 3.39. The third-order valence-electron chi connectivity index (χ3n) is 3.39. The van der Waals surface area contributed by atoms with Gasteiger partial charge in [0.1, 0.15) is 11.6 Å². The molecule has 1 heterocycles. The fraction of sp³-hybridized carbons (Fsp3) is 0.267. The number of anilines is 1. The highest BCUT2D eigenvalue weighted by molar-refractivity contribution is 5.94. The standard InChI is InChI=1S/C15H14FNO3/c16-10-3-6-14(13(8-10)15(18)19)17(11-4-5-11)9-12-2-1-7-20-12/h1-3,6-8,11H,4-5,9H2,(H,18,19). The van der Waals surface area contributed by atoms with Gasteiger partial charge >= 0.3 is 5.97 Å². The van der Waals surface area contributed by atoms with E-state index >= 15 is 0 Å². The van der Waals surface area contributed by atoms with Gasteiger partial charge < -0.3 is 14.4 Å². The Hall–Kier alpha value is -2.30. The van der Waals surface area contributed by atoms with Crippen LogP contribution in [0.3, 0.4) is 0 Å². The summed E-state index contributed by atoms with van der Waals surface area (Å²) >= 11 is 0. The van der Waals surface area contributed by atoms with E-state index in [4.69, 9.17) is 4.42 Å². The first kappa shape index (κ1) is 12.7. The molecular formula is C15H14FNO3. The Labute approximate surface area is 115 Å².